The van der Waals surface area contributed by atoms with E-state index < -0.39 is 17.8 Å². The van der Waals surface area contributed by atoms with Crippen LogP contribution in [0.2, 0.25) is 0 Å². The first kappa shape index (κ1) is 30.4. The number of aromatic nitrogens is 2. The molecule has 1 aliphatic carbocycles. The van der Waals surface area contributed by atoms with Crippen LogP contribution in [0.3, 0.4) is 0 Å². The van der Waals surface area contributed by atoms with Crippen molar-refractivity contribution in [1.82, 2.24) is 15.1 Å². The summed E-state index contributed by atoms with van der Waals surface area (Å²) in [5.41, 5.74) is 3.65. The van der Waals surface area contributed by atoms with Gasteiger partial charge in [-0.1, -0.05) is 61.5 Å². The van der Waals surface area contributed by atoms with E-state index in [2.05, 4.69) is 44.9 Å². The second-order valence-corrected chi connectivity index (χ2v) is 11.8. The van der Waals surface area contributed by atoms with Crippen LogP contribution in [0.5, 0.6) is 0 Å². The predicted octanol–water partition coefficient (Wildman–Crippen LogP) is 8.01. The standard InChI is InChI=1S/C36H36F3N5O/c1-4-23-9-7-12-27(19-23)44-32(21-33(42-44)36(37,38)39)35(45)41-26-11-8-10-25(20-26)34(40-22-24-15-16-24)30-17-18-31(43(2)3)29-14-6-5-13-28(29)30/h5-14,17-21,24,34,40H,4,15-16,22H2,1-3H3,(H,41,45). The third kappa shape index (κ3) is 6.59. The summed E-state index contributed by atoms with van der Waals surface area (Å²) in [5, 5.41) is 12.7. The Balaban J connectivity index is 1.36. The molecule has 0 aliphatic heterocycles. The second kappa shape index (κ2) is 12.4. The number of fused-ring (bicyclic) bond motifs is 1. The fraction of sp³-hybridized carbons (Fsp3) is 0.278. The third-order valence-corrected chi connectivity index (χ3v) is 8.31. The molecule has 5 aromatic rings. The van der Waals surface area contributed by atoms with Gasteiger partial charge < -0.3 is 15.5 Å². The number of alkyl halides is 3. The van der Waals surface area contributed by atoms with Crippen molar-refractivity contribution in [2.75, 3.05) is 30.9 Å². The Hall–Kier alpha value is -4.63. The maximum Gasteiger partial charge on any atom is 0.435 e. The topological polar surface area (TPSA) is 62.2 Å². The van der Waals surface area contributed by atoms with E-state index in [9.17, 15) is 18.0 Å². The average molecular weight is 612 g/mol. The summed E-state index contributed by atoms with van der Waals surface area (Å²) >= 11 is 0. The van der Waals surface area contributed by atoms with E-state index >= 15 is 0 Å². The number of amides is 1. The van der Waals surface area contributed by atoms with Crippen molar-refractivity contribution in [3.8, 4) is 5.69 Å². The number of aryl methyl sites for hydroxylation is 1. The van der Waals surface area contributed by atoms with Crippen LogP contribution < -0.4 is 15.5 Å². The first-order chi connectivity index (χ1) is 21.6. The maximum atomic E-state index is 13.7. The third-order valence-electron chi connectivity index (χ3n) is 8.31. The Bertz CT molecular complexity index is 1840. The lowest BCUT2D eigenvalue weighted by Crippen LogP contribution is -2.25. The summed E-state index contributed by atoms with van der Waals surface area (Å²) in [6, 6.07) is 27.8. The zero-order chi connectivity index (χ0) is 31.7. The summed E-state index contributed by atoms with van der Waals surface area (Å²) in [6.45, 7) is 2.82. The summed E-state index contributed by atoms with van der Waals surface area (Å²) in [4.78, 5) is 15.7. The Morgan fingerprint density at radius 1 is 0.956 bits per heavy atom. The van der Waals surface area contributed by atoms with Crippen LogP contribution in [0.1, 0.15) is 58.7 Å². The quantitative estimate of drug-likeness (QED) is 0.168. The molecule has 1 atom stereocenters. The summed E-state index contributed by atoms with van der Waals surface area (Å²) in [7, 11) is 4.06. The van der Waals surface area contributed by atoms with E-state index in [1.807, 2.05) is 57.4 Å². The van der Waals surface area contributed by atoms with Crippen molar-refractivity contribution in [3.05, 3.63) is 119 Å². The summed E-state index contributed by atoms with van der Waals surface area (Å²) in [5.74, 6) is -0.0441. The minimum atomic E-state index is -4.70. The molecule has 1 fully saturated rings. The molecule has 232 valence electrons. The fourth-order valence-corrected chi connectivity index (χ4v) is 5.74. The van der Waals surface area contributed by atoms with Gasteiger partial charge in [-0.05, 0) is 84.1 Å². The van der Waals surface area contributed by atoms with E-state index in [1.165, 1.54) is 12.8 Å². The van der Waals surface area contributed by atoms with E-state index in [0.717, 1.165) is 50.4 Å². The summed E-state index contributed by atoms with van der Waals surface area (Å²) in [6.07, 6.45) is -1.61. The van der Waals surface area contributed by atoms with Crippen molar-refractivity contribution in [1.29, 1.82) is 0 Å². The molecule has 0 radical (unpaired) electrons. The zero-order valence-corrected chi connectivity index (χ0v) is 25.5. The average Bonchev–Trinajstić information content (AvgIpc) is 3.74. The minimum absolute atomic E-state index is 0.164. The Morgan fingerprint density at radius 2 is 1.71 bits per heavy atom. The Kier molecular flexibility index (Phi) is 8.38. The van der Waals surface area contributed by atoms with Crippen LogP contribution >= 0.6 is 0 Å². The van der Waals surface area contributed by atoms with Gasteiger partial charge in [0.2, 0.25) is 0 Å². The highest BCUT2D eigenvalue weighted by molar-refractivity contribution is 6.03. The molecule has 1 aromatic heterocycles. The van der Waals surface area contributed by atoms with Gasteiger partial charge in [0.25, 0.3) is 5.91 Å². The highest BCUT2D eigenvalue weighted by atomic mass is 19.4. The van der Waals surface area contributed by atoms with Gasteiger partial charge >= 0.3 is 6.18 Å². The SMILES string of the molecule is CCc1cccc(-n2nc(C(F)(F)F)cc2C(=O)Nc2cccc(C(NCC3CC3)c3ccc(N(C)C)c4ccccc34)c2)c1. The number of hydrogen-bond donors (Lipinski definition) is 2. The molecule has 1 saturated carbocycles. The fourth-order valence-electron chi connectivity index (χ4n) is 5.74. The van der Waals surface area contributed by atoms with Crippen LogP contribution in [0, 0.1) is 5.92 Å². The molecule has 1 aliphatic rings. The van der Waals surface area contributed by atoms with E-state index in [4.69, 9.17) is 0 Å². The molecule has 0 bridgehead atoms. The van der Waals surface area contributed by atoms with E-state index in [1.54, 1.807) is 24.3 Å². The van der Waals surface area contributed by atoms with Crippen LogP contribution in [-0.2, 0) is 12.6 Å². The van der Waals surface area contributed by atoms with E-state index in [0.29, 0.717) is 23.7 Å². The normalized spacial score (nSPS) is 14.0. The van der Waals surface area contributed by atoms with Crippen LogP contribution in [0.15, 0.2) is 91.0 Å². The van der Waals surface area contributed by atoms with Crippen LogP contribution in [-0.4, -0.2) is 36.3 Å². The smallest absolute Gasteiger partial charge is 0.377 e. The van der Waals surface area contributed by atoms with Crippen molar-refractivity contribution >= 4 is 28.1 Å². The zero-order valence-electron chi connectivity index (χ0n) is 25.5. The molecular weight excluding hydrogens is 575 g/mol. The number of carbonyl (C=O) groups is 1. The second-order valence-electron chi connectivity index (χ2n) is 11.8. The van der Waals surface area contributed by atoms with Crippen molar-refractivity contribution in [2.45, 2.75) is 38.4 Å². The molecule has 2 N–H and O–H groups in total. The van der Waals surface area contributed by atoms with Gasteiger partial charge in [0, 0.05) is 36.9 Å². The highest BCUT2D eigenvalue weighted by Crippen LogP contribution is 2.36. The lowest BCUT2D eigenvalue weighted by molar-refractivity contribution is -0.141. The molecule has 9 heteroatoms. The number of carbonyl (C=O) groups excluding carboxylic acids is 1. The number of halogens is 3. The molecular formula is C36H36F3N5O. The molecule has 1 amide bonds. The lowest BCUT2D eigenvalue weighted by Gasteiger charge is -2.24. The summed E-state index contributed by atoms with van der Waals surface area (Å²) < 4.78 is 42.3. The van der Waals surface area contributed by atoms with Gasteiger partial charge in [0.15, 0.2) is 5.69 Å². The van der Waals surface area contributed by atoms with Gasteiger partial charge in [-0.3, -0.25) is 4.79 Å². The number of benzene rings is 4. The van der Waals surface area contributed by atoms with Crippen molar-refractivity contribution < 1.29 is 18.0 Å². The number of nitrogens with one attached hydrogen (secondary N) is 2. The van der Waals surface area contributed by atoms with Gasteiger partial charge in [0.05, 0.1) is 11.7 Å². The predicted molar refractivity (Wildman–Crippen MR) is 173 cm³/mol. The highest BCUT2D eigenvalue weighted by Gasteiger charge is 2.36. The lowest BCUT2D eigenvalue weighted by atomic mass is 9.92. The molecule has 1 heterocycles. The number of rotatable bonds is 10. The van der Waals surface area contributed by atoms with Gasteiger partial charge in [0.1, 0.15) is 5.69 Å². The monoisotopic (exact) mass is 611 g/mol. The van der Waals surface area contributed by atoms with Gasteiger partial charge in [-0.15, -0.1) is 0 Å². The van der Waals surface area contributed by atoms with Crippen LogP contribution in [0.4, 0.5) is 24.5 Å². The van der Waals surface area contributed by atoms with Crippen LogP contribution in [0.25, 0.3) is 16.5 Å². The minimum Gasteiger partial charge on any atom is -0.377 e. The van der Waals surface area contributed by atoms with Gasteiger partial charge in [-0.2, -0.15) is 18.3 Å². The molecule has 4 aromatic carbocycles. The molecule has 0 spiro atoms. The number of hydrogen-bond acceptors (Lipinski definition) is 4. The maximum absolute atomic E-state index is 13.7. The molecule has 1 unspecified atom stereocenters. The van der Waals surface area contributed by atoms with Crippen molar-refractivity contribution in [2.24, 2.45) is 5.92 Å². The Morgan fingerprint density at radius 3 is 2.42 bits per heavy atom. The van der Waals surface area contributed by atoms with Gasteiger partial charge in [-0.25, -0.2) is 4.68 Å². The molecule has 6 rings (SSSR count). The molecule has 0 saturated heterocycles. The largest absolute Gasteiger partial charge is 0.435 e. The Labute approximate surface area is 260 Å². The van der Waals surface area contributed by atoms with E-state index in [-0.39, 0.29) is 11.7 Å². The molecule has 6 nitrogen and oxygen atoms in total. The first-order valence-corrected chi connectivity index (χ1v) is 15.2. The van der Waals surface area contributed by atoms with Crippen molar-refractivity contribution in [3.63, 3.8) is 0 Å². The molecule has 45 heavy (non-hydrogen) atoms. The first-order valence-electron chi connectivity index (χ1n) is 15.2. The number of nitrogens with zero attached hydrogens (tertiary/aromatic N) is 3. The number of anilines is 2.